The molecule has 2 fully saturated rings. The molecule has 1 aromatic carbocycles. The molecule has 5 rings (SSSR count). The normalized spacial score (nSPS) is 15.4. The summed E-state index contributed by atoms with van der Waals surface area (Å²) < 4.78 is 38.8. The van der Waals surface area contributed by atoms with Gasteiger partial charge in [-0.1, -0.05) is 5.92 Å². The fourth-order valence-electron chi connectivity index (χ4n) is 4.48. The molecule has 0 unspecified atom stereocenters. The van der Waals surface area contributed by atoms with Crippen molar-refractivity contribution in [1.29, 1.82) is 0 Å². The van der Waals surface area contributed by atoms with Crippen molar-refractivity contribution < 1.29 is 33.0 Å². The molecule has 3 aromatic rings. The van der Waals surface area contributed by atoms with Crippen LogP contribution in [0.1, 0.15) is 67.3 Å². The Morgan fingerprint density at radius 3 is 2.42 bits per heavy atom. The van der Waals surface area contributed by atoms with Crippen molar-refractivity contribution in [3.63, 3.8) is 0 Å². The Bertz CT molecular complexity index is 1620. The van der Waals surface area contributed by atoms with E-state index in [9.17, 15) is 19.5 Å². The first-order chi connectivity index (χ1) is 18.8. The molecule has 210 valence electrons. The summed E-state index contributed by atoms with van der Waals surface area (Å²) in [7, 11) is 1.34. The van der Waals surface area contributed by atoms with E-state index in [-0.39, 0.29) is 41.7 Å². The van der Waals surface area contributed by atoms with Gasteiger partial charge in [-0.2, -0.15) is 5.10 Å². The number of carbonyl (C=O) groups is 3. The van der Waals surface area contributed by atoms with E-state index in [0.29, 0.717) is 5.52 Å². The van der Waals surface area contributed by atoms with Gasteiger partial charge in [-0.15, -0.1) is 0 Å². The number of nitrogens with zero attached hydrogens (tertiary/aromatic N) is 6. The van der Waals surface area contributed by atoms with Gasteiger partial charge in [0.1, 0.15) is 22.5 Å². The zero-order valence-electron chi connectivity index (χ0n) is 22.2. The number of benzene rings is 1. The van der Waals surface area contributed by atoms with Crippen molar-refractivity contribution >= 4 is 34.9 Å². The molecular formula is C26H27F2N7O5. The lowest BCUT2D eigenvalue weighted by Crippen LogP contribution is -2.51. The van der Waals surface area contributed by atoms with E-state index in [1.165, 1.54) is 18.1 Å². The van der Waals surface area contributed by atoms with Gasteiger partial charge in [0.2, 0.25) is 0 Å². The molecule has 1 saturated carbocycles. The Morgan fingerprint density at radius 2 is 1.85 bits per heavy atom. The zero-order chi connectivity index (χ0) is 29.1. The van der Waals surface area contributed by atoms with E-state index < -0.39 is 46.9 Å². The van der Waals surface area contributed by atoms with E-state index in [0.717, 1.165) is 28.7 Å². The van der Waals surface area contributed by atoms with Crippen LogP contribution in [0.25, 0.3) is 11.0 Å². The van der Waals surface area contributed by atoms with Gasteiger partial charge in [-0.25, -0.2) is 28.0 Å². The fourth-order valence-corrected chi connectivity index (χ4v) is 4.48. The van der Waals surface area contributed by atoms with Gasteiger partial charge >= 0.3 is 12.2 Å². The molecule has 40 heavy (non-hydrogen) atoms. The Morgan fingerprint density at radius 1 is 1.18 bits per heavy atom. The van der Waals surface area contributed by atoms with Crippen LogP contribution in [0, 0.1) is 23.5 Å². The van der Waals surface area contributed by atoms with Crippen LogP contribution >= 0.6 is 0 Å². The van der Waals surface area contributed by atoms with Crippen LogP contribution < -0.4 is 10.6 Å². The van der Waals surface area contributed by atoms with Crippen LogP contribution in [0.3, 0.4) is 0 Å². The van der Waals surface area contributed by atoms with Gasteiger partial charge in [-0.3, -0.25) is 9.69 Å². The first-order valence-corrected chi connectivity index (χ1v) is 12.5. The van der Waals surface area contributed by atoms with Crippen LogP contribution in [-0.2, 0) is 4.74 Å². The third-order valence-electron chi connectivity index (χ3n) is 6.60. The highest BCUT2D eigenvalue weighted by Gasteiger charge is 2.38. The van der Waals surface area contributed by atoms with E-state index in [2.05, 4.69) is 21.9 Å². The molecule has 2 aromatic heterocycles. The number of carboxylic acid groups (broad SMARTS) is 1. The maximum Gasteiger partial charge on any atom is 0.415 e. The van der Waals surface area contributed by atoms with Crippen molar-refractivity contribution in [3.8, 4) is 11.8 Å². The molecule has 1 aliphatic carbocycles. The third kappa shape index (κ3) is 4.78. The number of anilines is 1. The summed E-state index contributed by atoms with van der Waals surface area (Å²) in [6.07, 6.45) is 1.29. The maximum atomic E-state index is 15.3. The van der Waals surface area contributed by atoms with Crippen LogP contribution in [0.4, 0.5) is 24.2 Å². The monoisotopic (exact) mass is 555 g/mol. The summed E-state index contributed by atoms with van der Waals surface area (Å²) in [4.78, 5) is 43.1. The van der Waals surface area contributed by atoms with Crippen molar-refractivity contribution in [2.24, 2.45) is 5.73 Å². The van der Waals surface area contributed by atoms with E-state index >= 15 is 8.78 Å². The van der Waals surface area contributed by atoms with Gasteiger partial charge < -0.3 is 25.0 Å². The molecule has 1 aliphatic heterocycles. The lowest BCUT2D eigenvalue weighted by Gasteiger charge is -2.38. The molecule has 2 aliphatic rings. The molecule has 0 bridgehead atoms. The lowest BCUT2D eigenvalue weighted by atomic mass is 10.1. The third-order valence-corrected chi connectivity index (χ3v) is 6.60. The summed E-state index contributed by atoms with van der Waals surface area (Å²) in [6.45, 7) is 5.01. The Hall–Kier alpha value is -4.67. The minimum atomic E-state index is -1.15. The molecule has 0 radical (unpaired) electrons. The topological polar surface area (TPSA) is 149 Å². The second-order valence-corrected chi connectivity index (χ2v) is 10.8. The van der Waals surface area contributed by atoms with Crippen molar-refractivity contribution in [2.75, 3.05) is 25.0 Å². The molecule has 3 N–H and O–H groups in total. The molecule has 3 amide bonds. The van der Waals surface area contributed by atoms with E-state index in [4.69, 9.17) is 10.5 Å². The van der Waals surface area contributed by atoms with Crippen molar-refractivity contribution in [3.05, 3.63) is 40.8 Å². The number of carbonyl (C=O) groups excluding carboxylic acids is 2. The Balaban J connectivity index is 1.60. The number of imidazole rings is 1. The highest BCUT2D eigenvalue weighted by atomic mass is 19.1. The number of primary amides is 1. The van der Waals surface area contributed by atoms with Crippen LogP contribution in [-0.4, -0.2) is 73.2 Å². The highest BCUT2D eigenvalue weighted by Crippen LogP contribution is 2.38. The number of hydrogen-bond donors (Lipinski definition) is 2. The molecule has 3 heterocycles. The molecular weight excluding hydrogens is 528 g/mol. The van der Waals surface area contributed by atoms with Crippen LogP contribution in [0.5, 0.6) is 0 Å². The predicted octanol–water partition coefficient (Wildman–Crippen LogP) is 3.25. The first-order valence-electron chi connectivity index (χ1n) is 12.5. The number of halogens is 2. The smallest absolute Gasteiger partial charge is 0.415 e. The van der Waals surface area contributed by atoms with E-state index in [1.54, 1.807) is 25.3 Å². The first kappa shape index (κ1) is 26.9. The second-order valence-electron chi connectivity index (χ2n) is 10.8. The number of ether oxygens (including phenoxy) is 1. The second kappa shape index (κ2) is 9.51. The number of fused-ring (bicyclic) bond motifs is 1. The fraction of sp³-hybridized carbons (Fsp3) is 0.423. The summed E-state index contributed by atoms with van der Waals surface area (Å²) in [6, 6.07) is 0.755. The average Bonchev–Trinajstić information content (AvgIpc) is 3.46. The minimum Gasteiger partial charge on any atom is -0.465 e. The average molecular weight is 556 g/mol. The molecule has 1 saturated heterocycles. The van der Waals surface area contributed by atoms with Crippen molar-refractivity contribution in [1.82, 2.24) is 24.2 Å². The van der Waals surface area contributed by atoms with E-state index in [1.807, 2.05) is 0 Å². The molecule has 12 nitrogen and oxygen atoms in total. The molecule has 0 spiro atoms. The van der Waals surface area contributed by atoms with Crippen LogP contribution in [0.15, 0.2) is 12.4 Å². The number of rotatable bonds is 4. The van der Waals surface area contributed by atoms with Gasteiger partial charge in [-0.05, 0) is 39.5 Å². The van der Waals surface area contributed by atoms with Gasteiger partial charge in [0, 0.05) is 32.2 Å². The SMILES string of the molecule is CN(C(=O)OC(C)(C)C)c1c(C(N)=O)c(C#Cc2c(F)cc3c(ncn3C3CC3)c2F)nn1C1CN(C(=O)O)C1. The largest absolute Gasteiger partial charge is 0.465 e. The number of hydrogen-bond acceptors (Lipinski definition) is 6. The standard InChI is InChI=1S/C26H27F2N7O5/c1-26(2,3)40-25(39)32(4)23-19(22(29)36)17(31-35(23)14-10-33(11-14)24(37)38)8-7-15-16(27)9-18-21(20(15)28)30-12-34(18)13-5-6-13/h9,12-14H,5-6,10-11H2,1-4H3,(H2,29,36)(H,37,38). The number of amides is 3. The zero-order valence-corrected chi connectivity index (χ0v) is 22.2. The number of nitrogens with two attached hydrogens (primary N) is 1. The summed E-state index contributed by atoms with van der Waals surface area (Å²) in [5.41, 5.74) is 3.98. The maximum absolute atomic E-state index is 15.3. The van der Waals surface area contributed by atoms with Crippen LogP contribution in [0.2, 0.25) is 0 Å². The Kier molecular flexibility index (Phi) is 6.40. The lowest BCUT2D eigenvalue weighted by molar-refractivity contribution is 0.0577. The summed E-state index contributed by atoms with van der Waals surface area (Å²) in [5.74, 6) is 1.99. The molecule has 0 atom stereocenters. The number of aromatic nitrogens is 4. The van der Waals surface area contributed by atoms with Gasteiger partial charge in [0.25, 0.3) is 5.91 Å². The quantitative estimate of drug-likeness (QED) is 0.470. The molecule has 14 heteroatoms. The summed E-state index contributed by atoms with van der Waals surface area (Å²) >= 11 is 0. The summed E-state index contributed by atoms with van der Waals surface area (Å²) in [5, 5.41) is 13.6. The predicted molar refractivity (Wildman–Crippen MR) is 138 cm³/mol. The highest BCUT2D eigenvalue weighted by molar-refractivity contribution is 6.03. The van der Waals surface area contributed by atoms with Crippen molar-refractivity contribution in [2.45, 2.75) is 51.3 Å². The van der Waals surface area contributed by atoms with Gasteiger partial charge in [0.05, 0.1) is 23.4 Å². The van der Waals surface area contributed by atoms with Gasteiger partial charge in [0.15, 0.2) is 17.3 Å². The number of likely N-dealkylation sites (tertiary alicyclic amines) is 1. The minimum absolute atomic E-state index is 0.0147. The Labute approximate surface area is 227 Å².